The summed E-state index contributed by atoms with van der Waals surface area (Å²) in [5.74, 6) is 0. The van der Waals surface area contributed by atoms with E-state index in [0.29, 0.717) is 6.42 Å². The average Bonchev–Trinajstić information content (AvgIpc) is 2.39. The van der Waals surface area contributed by atoms with Crippen LogP contribution in [-0.2, 0) is 15.9 Å². The highest BCUT2D eigenvalue weighted by atomic mass is 16.7. The Kier molecular flexibility index (Phi) is 4.14. The molecule has 0 aliphatic carbocycles. The summed E-state index contributed by atoms with van der Waals surface area (Å²) in [6.07, 6.45) is -0.315. The maximum absolute atomic E-state index is 10.4. The van der Waals surface area contributed by atoms with Crippen LogP contribution in [0.25, 0.3) is 10.9 Å². The molecule has 0 aliphatic heterocycles. The monoisotopic (exact) mass is 261 g/mol. The number of hydrogen-bond donors (Lipinski definition) is 1. The van der Waals surface area contributed by atoms with Crippen molar-refractivity contribution in [2.45, 2.75) is 25.2 Å². The van der Waals surface area contributed by atoms with E-state index in [4.69, 9.17) is 9.47 Å². The number of benzene rings is 1. The van der Waals surface area contributed by atoms with Crippen molar-refractivity contribution in [2.75, 3.05) is 14.2 Å². The maximum Gasteiger partial charge on any atom is 0.185 e. The highest BCUT2D eigenvalue weighted by Crippen LogP contribution is 2.20. The number of aliphatic hydroxyl groups is 1. The van der Waals surface area contributed by atoms with E-state index in [0.717, 1.165) is 16.6 Å². The number of nitrogens with zero attached hydrogens (tertiary/aromatic N) is 1. The molecule has 0 fully saturated rings. The maximum atomic E-state index is 10.4. The molecule has 102 valence electrons. The van der Waals surface area contributed by atoms with Gasteiger partial charge in [0.15, 0.2) is 6.29 Å². The largest absolute Gasteiger partial charge is 0.384 e. The second kappa shape index (κ2) is 5.65. The molecule has 0 spiro atoms. The number of fused-ring (bicyclic) bond motifs is 1. The summed E-state index contributed by atoms with van der Waals surface area (Å²) in [7, 11) is 3.02. The number of ether oxygens (including phenoxy) is 2. The molecule has 0 saturated carbocycles. The number of rotatable bonds is 5. The fourth-order valence-corrected chi connectivity index (χ4v) is 2.26. The third-order valence-electron chi connectivity index (χ3n) is 3.13. The molecule has 1 aromatic heterocycles. The van der Waals surface area contributed by atoms with Gasteiger partial charge in [-0.05, 0) is 19.1 Å². The van der Waals surface area contributed by atoms with Crippen LogP contribution < -0.4 is 0 Å². The number of para-hydroxylation sites is 1. The van der Waals surface area contributed by atoms with Crippen LogP contribution in [0.2, 0.25) is 0 Å². The van der Waals surface area contributed by atoms with Gasteiger partial charge in [0.05, 0.1) is 5.52 Å². The molecule has 2 aromatic rings. The third kappa shape index (κ3) is 3.10. The molecule has 0 aliphatic rings. The van der Waals surface area contributed by atoms with Gasteiger partial charge in [-0.1, -0.05) is 24.3 Å². The Morgan fingerprint density at radius 2 is 1.84 bits per heavy atom. The summed E-state index contributed by atoms with van der Waals surface area (Å²) in [5.41, 5.74) is 0.601. The molecule has 1 N–H and O–H groups in total. The second-order valence-electron chi connectivity index (χ2n) is 4.83. The number of methoxy groups -OCH3 is 2. The Bertz CT molecular complexity index is 550. The quantitative estimate of drug-likeness (QED) is 0.838. The van der Waals surface area contributed by atoms with Crippen molar-refractivity contribution in [1.29, 1.82) is 0 Å². The summed E-state index contributed by atoms with van der Waals surface area (Å²) in [6.45, 7) is 1.68. The fraction of sp³-hybridized carbons (Fsp3) is 0.400. The van der Waals surface area contributed by atoms with Crippen LogP contribution in [-0.4, -0.2) is 36.2 Å². The minimum absolute atomic E-state index is 0.365. The van der Waals surface area contributed by atoms with Crippen LogP contribution >= 0.6 is 0 Å². The van der Waals surface area contributed by atoms with Crippen molar-refractivity contribution in [3.05, 3.63) is 42.1 Å². The fourth-order valence-electron chi connectivity index (χ4n) is 2.26. The van der Waals surface area contributed by atoms with Crippen LogP contribution in [0.3, 0.4) is 0 Å². The Hall–Kier alpha value is -1.49. The lowest BCUT2D eigenvalue weighted by atomic mass is 9.98. The van der Waals surface area contributed by atoms with Crippen molar-refractivity contribution in [3.63, 3.8) is 0 Å². The molecule has 19 heavy (non-hydrogen) atoms. The van der Waals surface area contributed by atoms with Crippen molar-refractivity contribution in [2.24, 2.45) is 0 Å². The van der Waals surface area contributed by atoms with Crippen molar-refractivity contribution >= 4 is 10.9 Å². The molecule has 2 rings (SSSR count). The molecule has 1 heterocycles. The number of hydrogen-bond acceptors (Lipinski definition) is 4. The van der Waals surface area contributed by atoms with Gasteiger partial charge in [-0.25, -0.2) is 0 Å². The van der Waals surface area contributed by atoms with E-state index in [1.54, 1.807) is 6.92 Å². The summed E-state index contributed by atoms with van der Waals surface area (Å²) in [6, 6.07) is 11.8. The third-order valence-corrected chi connectivity index (χ3v) is 3.13. The van der Waals surface area contributed by atoms with Crippen molar-refractivity contribution in [1.82, 2.24) is 4.98 Å². The molecule has 4 heteroatoms. The first-order valence-electron chi connectivity index (χ1n) is 6.19. The average molecular weight is 261 g/mol. The first kappa shape index (κ1) is 13.9. The predicted octanol–water partition coefficient (Wildman–Crippen LogP) is 2.15. The van der Waals surface area contributed by atoms with Crippen LogP contribution in [0.4, 0.5) is 0 Å². The molecule has 0 bridgehead atoms. The van der Waals surface area contributed by atoms with Crippen LogP contribution in [0.5, 0.6) is 0 Å². The predicted molar refractivity (Wildman–Crippen MR) is 73.9 cm³/mol. The Morgan fingerprint density at radius 3 is 2.53 bits per heavy atom. The summed E-state index contributed by atoms with van der Waals surface area (Å²) in [5, 5.41) is 11.5. The zero-order valence-corrected chi connectivity index (χ0v) is 11.5. The van der Waals surface area contributed by atoms with E-state index in [2.05, 4.69) is 4.98 Å². The minimum Gasteiger partial charge on any atom is -0.384 e. The van der Waals surface area contributed by atoms with Gasteiger partial charge in [-0.15, -0.1) is 0 Å². The van der Waals surface area contributed by atoms with E-state index >= 15 is 0 Å². The van der Waals surface area contributed by atoms with Gasteiger partial charge in [0, 0.05) is 31.7 Å². The normalized spacial score (nSPS) is 14.8. The zero-order valence-electron chi connectivity index (χ0n) is 11.5. The van der Waals surface area contributed by atoms with Gasteiger partial charge >= 0.3 is 0 Å². The van der Waals surface area contributed by atoms with Gasteiger partial charge in [-0.2, -0.15) is 0 Å². The smallest absolute Gasteiger partial charge is 0.185 e. The van der Waals surface area contributed by atoms with E-state index in [-0.39, 0.29) is 0 Å². The molecule has 4 nitrogen and oxygen atoms in total. The van der Waals surface area contributed by atoms with E-state index < -0.39 is 11.9 Å². The Morgan fingerprint density at radius 1 is 1.16 bits per heavy atom. The molecule has 1 aromatic carbocycles. The second-order valence-corrected chi connectivity index (χ2v) is 4.83. The zero-order chi connectivity index (χ0) is 13.9. The summed E-state index contributed by atoms with van der Waals surface area (Å²) >= 11 is 0. The molecule has 0 radical (unpaired) electrons. The molecule has 1 unspecified atom stereocenters. The number of aromatic nitrogens is 1. The Balaban J connectivity index is 2.25. The van der Waals surface area contributed by atoms with Crippen molar-refractivity contribution in [3.8, 4) is 0 Å². The molecule has 0 amide bonds. The van der Waals surface area contributed by atoms with Gasteiger partial charge < -0.3 is 14.6 Å². The first-order valence-corrected chi connectivity index (χ1v) is 6.19. The van der Waals surface area contributed by atoms with Gasteiger partial charge in [0.1, 0.15) is 5.60 Å². The SMILES string of the molecule is COC(OC)C(C)(O)Cc1ccc2ccccc2n1. The topological polar surface area (TPSA) is 51.6 Å². The standard InChI is InChI=1S/C15H19NO3/c1-15(17,14(18-2)19-3)10-12-9-8-11-6-4-5-7-13(11)16-12/h4-9,14,17H,10H2,1-3H3. The van der Waals surface area contributed by atoms with Gasteiger partial charge in [-0.3, -0.25) is 4.98 Å². The molecule has 1 atom stereocenters. The van der Waals surface area contributed by atoms with Gasteiger partial charge in [0.2, 0.25) is 0 Å². The molecule has 0 saturated heterocycles. The number of pyridine rings is 1. The summed E-state index contributed by atoms with van der Waals surface area (Å²) < 4.78 is 10.2. The lowest BCUT2D eigenvalue weighted by molar-refractivity contribution is -0.207. The summed E-state index contributed by atoms with van der Waals surface area (Å²) in [4.78, 5) is 4.54. The molecular formula is C15H19NO3. The minimum atomic E-state index is -1.13. The van der Waals surface area contributed by atoms with E-state index in [9.17, 15) is 5.11 Å². The van der Waals surface area contributed by atoms with Crippen molar-refractivity contribution < 1.29 is 14.6 Å². The van der Waals surface area contributed by atoms with Crippen LogP contribution in [0, 0.1) is 0 Å². The highest BCUT2D eigenvalue weighted by Gasteiger charge is 2.33. The van der Waals surface area contributed by atoms with Crippen LogP contribution in [0.1, 0.15) is 12.6 Å². The van der Waals surface area contributed by atoms with Gasteiger partial charge in [0.25, 0.3) is 0 Å². The van der Waals surface area contributed by atoms with Crippen LogP contribution in [0.15, 0.2) is 36.4 Å². The van der Waals surface area contributed by atoms with E-state index in [1.807, 2.05) is 36.4 Å². The Labute approximate surface area is 113 Å². The lowest BCUT2D eigenvalue weighted by Gasteiger charge is -2.30. The first-order chi connectivity index (χ1) is 9.06. The molecular weight excluding hydrogens is 242 g/mol. The lowest BCUT2D eigenvalue weighted by Crippen LogP contribution is -2.44. The van der Waals surface area contributed by atoms with E-state index in [1.165, 1.54) is 14.2 Å². The highest BCUT2D eigenvalue weighted by molar-refractivity contribution is 5.78.